The molecule has 1 unspecified atom stereocenters. The Bertz CT molecular complexity index is 2040. The summed E-state index contributed by atoms with van der Waals surface area (Å²) >= 11 is 0. The van der Waals surface area contributed by atoms with E-state index in [1.54, 1.807) is 4.90 Å². The molecule has 1 atom stereocenters. The first-order valence-corrected chi connectivity index (χ1v) is 19.5. The van der Waals surface area contributed by atoms with E-state index in [0.717, 1.165) is 85.4 Å². The van der Waals surface area contributed by atoms with Gasteiger partial charge in [-0.3, -0.25) is 19.6 Å². The van der Waals surface area contributed by atoms with Crippen LogP contribution in [0.15, 0.2) is 48.7 Å². The van der Waals surface area contributed by atoms with Gasteiger partial charge in [-0.15, -0.1) is 0 Å². The van der Waals surface area contributed by atoms with E-state index < -0.39 is 5.60 Å². The van der Waals surface area contributed by atoms with E-state index in [1.165, 1.54) is 11.3 Å². The van der Waals surface area contributed by atoms with Crippen molar-refractivity contribution in [2.45, 2.75) is 95.7 Å². The van der Waals surface area contributed by atoms with Crippen LogP contribution in [0.25, 0.3) is 10.9 Å². The van der Waals surface area contributed by atoms with Crippen LogP contribution in [0.5, 0.6) is 0 Å². The summed E-state index contributed by atoms with van der Waals surface area (Å²) in [5, 5.41) is 11.7. The second-order valence-electron chi connectivity index (χ2n) is 16.3. The second-order valence-corrected chi connectivity index (χ2v) is 16.3. The summed E-state index contributed by atoms with van der Waals surface area (Å²) < 4.78 is 7.52. The second kappa shape index (κ2) is 14.7. The highest BCUT2D eigenvalue weighted by molar-refractivity contribution is 6.02. The number of fused-ring (bicyclic) bond motifs is 2. The number of rotatable bonds is 6. The molecule has 13 heteroatoms. The first-order chi connectivity index (χ1) is 26.0. The average molecular weight is 734 g/mol. The minimum absolute atomic E-state index is 0.202. The molecule has 2 N–H and O–H groups in total. The minimum Gasteiger partial charge on any atom is -0.444 e. The first kappa shape index (κ1) is 36.0. The number of aryl methyl sites for hydroxylation is 1. The van der Waals surface area contributed by atoms with Crippen molar-refractivity contribution < 1.29 is 19.1 Å². The van der Waals surface area contributed by atoms with Gasteiger partial charge in [0.05, 0.1) is 29.4 Å². The summed E-state index contributed by atoms with van der Waals surface area (Å²) in [6.45, 7) is 10.8. The van der Waals surface area contributed by atoms with Crippen molar-refractivity contribution in [1.82, 2.24) is 34.9 Å². The molecule has 0 aliphatic carbocycles. The summed E-state index contributed by atoms with van der Waals surface area (Å²) in [5.74, 6) is 0.136. The van der Waals surface area contributed by atoms with E-state index in [4.69, 9.17) is 14.8 Å². The van der Waals surface area contributed by atoms with Crippen LogP contribution >= 0.6 is 0 Å². The Balaban J connectivity index is 0.835. The summed E-state index contributed by atoms with van der Waals surface area (Å²) in [7, 11) is 1.97. The number of nitrogens with one attached hydrogen (secondary N) is 2. The summed E-state index contributed by atoms with van der Waals surface area (Å²) in [5.41, 5.74) is 6.73. The maximum absolute atomic E-state index is 12.7. The normalized spacial score (nSPS) is 20.6. The van der Waals surface area contributed by atoms with Crippen molar-refractivity contribution in [3.05, 3.63) is 71.2 Å². The SMILES string of the molecule is Cn1nc(C2CCC(=O)NC2=O)c2cccc(C3CCN(C4CCN(c5ccc(Nc6ncc7c(n6)CN(C(=O)OC(C)(C)C)CC7)cc5)CC4)CC3)c21. The highest BCUT2D eigenvalue weighted by Crippen LogP contribution is 2.38. The topological polar surface area (TPSA) is 138 Å². The van der Waals surface area contributed by atoms with E-state index in [2.05, 4.69) is 67.9 Å². The predicted molar refractivity (Wildman–Crippen MR) is 207 cm³/mol. The fraction of sp³-hybridized carbons (Fsp3) is 0.512. The monoisotopic (exact) mass is 733 g/mol. The largest absolute Gasteiger partial charge is 0.444 e. The quantitative estimate of drug-likeness (QED) is 0.235. The standard InChI is InChI=1S/C41H51N9O4/c1-41(2,3)54-40(53)50-21-16-27-24-42-39(44-34(27)25-50)43-28-8-10-29(11-9-28)49-22-17-30(18-23-49)48-19-14-26(15-20-48)31-6-5-7-32-36(46-47(4)37(31)32)33-12-13-35(51)45-38(33)52/h5-11,24,26,30,33H,12-23,25H2,1-4H3,(H,42,43,44)(H,45,51,52). The maximum Gasteiger partial charge on any atom is 0.410 e. The van der Waals surface area contributed by atoms with Crippen LogP contribution in [0, 0.1) is 0 Å². The van der Waals surface area contributed by atoms with E-state index in [-0.39, 0.29) is 23.8 Å². The molecule has 4 aliphatic rings. The van der Waals surface area contributed by atoms with Crippen LogP contribution < -0.4 is 15.5 Å². The number of hydrogen-bond acceptors (Lipinski definition) is 10. The number of benzene rings is 2. The van der Waals surface area contributed by atoms with Gasteiger partial charge in [-0.2, -0.15) is 5.10 Å². The van der Waals surface area contributed by atoms with Gasteiger partial charge >= 0.3 is 6.09 Å². The molecule has 2 aromatic heterocycles. The number of piperidine rings is 3. The van der Waals surface area contributed by atoms with E-state index >= 15 is 0 Å². The molecule has 0 radical (unpaired) electrons. The third-order valence-corrected chi connectivity index (χ3v) is 11.5. The summed E-state index contributed by atoms with van der Waals surface area (Å²) in [6.07, 6.45) is 7.59. The molecular formula is C41H51N9O4. The van der Waals surface area contributed by atoms with E-state index in [1.807, 2.05) is 38.7 Å². The van der Waals surface area contributed by atoms with Crippen molar-refractivity contribution in [3.63, 3.8) is 0 Å². The van der Waals surface area contributed by atoms with Crippen LogP contribution in [0.4, 0.5) is 22.1 Å². The van der Waals surface area contributed by atoms with Crippen LogP contribution in [0.3, 0.4) is 0 Å². The van der Waals surface area contributed by atoms with E-state index in [9.17, 15) is 14.4 Å². The van der Waals surface area contributed by atoms with Crippen LogP contribution in [0.1, 0.15) is 93.6 Å². The van der Waals surface area contributed by atoms with E-state index in [0.29, 0.717) is 50.3 Å². The molecule has 3 fully saturated rings. The Morgan fingerprint density at radius 1 is 0.926 bits per heavy atom. The van der Waals surface area contributed by atoms with Gasteiger partial charge in [-0.1, -0.05) is 18.2 Å². The van der Waals surface area contributed by atoms with Gasteiger partial charge in [0.15, 0.2) is 0 Å². The highest BCUT2D eigenvalue weighted by atomic mass is 16.6. The average Bonchev–Trinajstić information content (AvgIpc) is 3.50. The molecule has 0 saturated carbocycles. The molecule has 2 aromatic carbocycles. The molecule has 8 rings (SSSR count). The van der Waals surface area contributed by atoms with Gasteiger partial charge in [0.1, 0.15) is 5.60 Å². The van der Waals surface area contributed by atoms with Crippen molar-refractivity contribution in [2.24, 2.45) is 7.05 Å². The molecule has 3 amide bonds. The Morgan fingerprint density at radius 2 is 1.69 bits per heavy atom. The third-order valence-electron chi connectivity index (χ3n) is 11.5. The number of amides is 3. The third kappa shape index (κ3) is 7.51. The zero-order valence-corrected chi connectivity index (χ0v) is 31.8. The minimum atomic E-state index is -0.538. The molecule has 4 aliphatic heterocycles. The molecule has 4 aromatic rings. The highest BCUT2D eigenvalue weighted by Gasteiger charge is 2.34. The fourth-order valence-corrected chi connectivity index (χ4v) is 8.73. The number of para-hydroxylation sites is 1. The van der Waals surface area contributed by atoms with Crippen molar-refractivity contribution >= 4 is 46.1 Å². The van der Waals surface area contributed by atoms with Gasteiger partial charge in [0, 0.05) is 62.1 Å². The predicted octanol–water partition coefficient (Wildman–Crippen LogP) is 5.77. The molecule has 0 bridgehead atoms. The Morgan fingerprint density at radius 3 is 2.41 bits per heavy atom. The van der Waals surface area contributed by atoms with Gasteiger partial charge in [0.2, 0.25) is 17.8 Å². The Hall–Kier alpha value is -5.04. The van der Waals surface area contributed by atoms with Crippen LogP contribution in [-0.2, 0) is 34.3 Å². The Kier molecular flexibility index (Phi) is 9.76. The van der Waals surface area contributed by atoms with Crippen molar-refractivity contribution in [2.75, 3.05) is 42.9 Å². The van der Waals surface area contributed by atoms with Gasteiger partial charge < -0.3 is 24.8 Å². The number of carbonyl (C=O) groups excluding carboxylic acids is 3. The zero-order valence-electron chi connectivity index (χ0n) is 31.8. The number of aromatic nitrogens is 4. The van der Waals surface area contributed by atoms with Crippen molar-refractivity contribution in [3.8, 4) is 0 Å². The fourth-order valence-electron chi connectivity index (χ4n) is 8.73. The maximum atomic E-state index is 12.7. The number of hydrogen-bond donors (Lipinski definition) is 2. The lowest BCUT2D eigenvalue weighted by molar-refractivity contribution is -0.134. The molecular weight excluding hydrogens is 683 g/mol. The molecule has 284 valence electrons. The van der Waals surface area contributed by atoms with Gasteiger partial charge in [0.25, 0.3) is 0 Å². The lowest BCUT2D eigenvalue weighted by Crippen LogP contribution is -2.47. The number of anilines is 3. The van der Waals surface area contributed by atoms with Crippen molar-refractivity contribution in [1.29, 1.82) is 0 Å². The van der Waals surface area contributed by atoms with Gasteiger partial charge in [-0.05, 0) is 114 Å². The Labute approximate surface area is 316 Å². The number of carbonyl (C=O) groups is 3. The lowest BCUT2D eigenvalue weighted by atomic mass is 9.85. The van der Waals surface area contributed by atoms with Gasteiger partial charge in [-0.25, -0.2) is 14.8 Å². The first-order valence-electron chi connectivity index (χ1n) is 19.5. The number of likely N-dealkylation sites (tertiary alicyclic amines) is 1. The summed E-state index contributed by atoms with van der Waals surface area (Å²) in [6, 6.07) is 15.5. The molecule has 3 saturated heterocycles. The van der Waals surface area contributed by atoms with Crippen LogP contribution in [-0.4, -0.2) is 91.8 Å². The zero-order chi connectivity index (χ0) is 37.6. The molecule has 13 nitrogen and oxygen atoms in total. The smallest absolute Gasteiger partial charge is 0.410 e. The molecule has 54 heavy (non-hydrogen) atoms. The number of imide groups is 1. The number of nitrogens with zero attached hydrogens (tertiary/aromatic N) is 7. The molecule has 0 spiro atoms. The number of ether oxygens (including phenoxy) is 1. The van der Waals surface area contributed by atoms with Crippen LogP contribution in [0.2, 0.25) is 0 Å². The summed E-state index contributed by atoms with van der Waals surface area (Å²) in [4.78, 5) is 53.3. The molecule has 6 heterocycles. The lowest BCUT2D eigenvalue weighted by Gasteiger charge is -2.42.